The van der Waals surface area contributed by atoms with E-state index in [-0.39, 0.29) is 11.3 Å². The molecule has 2 N–H and O–H groups in total. The second kappa shape index (κ2) is 5.81. The summed E-state index contributed by atoms with van der Waals surface area (Å²) in [6.45, 7) is 8.07. The molecular weight excluding hydrogens is 268 g/mol. The number of hydrogen-bond acceptors (Lipinski definition) is 4. The van der Waals surface area contributed by atoms with Gasteiger partial charge in [0.2, 0.25) is 0 Å². The third-order valence-corrected chi connectivity index (χ3v) is 3.37. The van der Waals surface area contributed by atoms with Gasteiger partial charge in [-0.2, -0.15) is 5.10 Å². The standard InChI is InChI=1S/C15H22N4O2/c1-10(20)8-15(3,4)9-17-14(21)12-11(2)18-19-7-5-6-16-13(12)19/h5-7,10,20H,8-9H2,1-4H3,(H,17,21). The van der Waals surface area contributed by atoms with Crippen LogP contribution in [0.1, 0.15) is 43.2 Å². The quantitative estimate of drug-likeness (QED) is 0.876. The molecule has 1 amide bonds. The molecule has 0 bridgehead atoms. The molecule has 1 unspecified atom stereocenters. The number of amides is 1. The second-order valence-electron chi connectivity index (χ2n) is 6.25. The highest BCUT2D eigenvalue weighted by molar-refractivity contribution is 6.00. The summed E-state index contributed by atoms with van der Waals surface area (Å²) >= 11 is 0. The zero-order valence-electron chi connectivity index (χ0n) is 12.9. The first-order chi connectivity index (χ1) is 9.80. The Morgan fingerprint density at radius 2 is 2.24 bits per heavy atom. The number of aliphatic hydroxyl groups is 1. The number of carbonyl (C=O) groups is 1. The summed E-state index contributed by atoms with van der Waals surface area (Å²) in [4.78, 5) is 16.6. The Kier molecular flexibility index (Phi) is 4.27. The second-order valence-corrected chi connectivity index (χ2v) is 6.25. The largest absolute Gasteiger partial charge is 0.393 e. The molecule has 0 fully saturated rings. The van der Waals surface area contributed by atoms with Crippen LogP contribution in [0.5, 0.6) is 0 Å². The van der Waals surface area contributed by atoms with E-state index in [1.54, 1.807) is 36.8 Å². The van der Waals surface area contributed by atoms with Crippen LogP contribution in [0.15, 0.2) is 18.5 Å². The summed E-state index contributed by atoms with van der Waals surface area (Å²) in [5.74, 6) is -0.181. The van der Waals surface area contributed by atoms with Crippen LogP contribution in [0.3, 0.4) is 0 Å². The summed E-state index contributed by atoms with van der Waals surface area (Å²) in [7, 11) is 0. The molecule has 0 aliphatic rings. The maximum Gasteiger partial charge on any atom is 0.257 e. The Bertz CT molecular complexity index is 646. The highest BCUT2D eigenvalue weighted by Crippen LogP contribution is 2.21. The lowest BCUT2D eigenvalue weighted by atomic mass is 9.87. The van der Waals surface area contributed by atoms with Gasteiger partial charge < -0.3 is 10.4 Å². The Morgan fingerprint density at radius 1 is 1.52 bits per heavy atom. The van der Waals surface area contributed by atoms with Gasteiger partial charge in [-0.1, -0.05) is 13.8 Å². The maximum atomic E-state index is 12.4. The van der Waals surface area contributed by atoms with Crippen LogP contribution >= 0.6 is 0 Å². The van der Waals surface area contributed by atoms with E-state index in [0.29, 0.717) is 29.9 Å². The Labute approximate surface area is 124 Å². The van der Waals surface area contributed by atoms with Gasteiger partial charge in [-0.15, -0.1) is 0 Å². The first-order valence-electron chi connectivity index (χ1n) is 7.06. The van der Waals surface area contributed by atoms with E-state index in [0.717, 1.165) is 0 Å². The van der Waals surface area contributed by atoms with Crippen LogP contribution in [0, 0.1) is 12.3 Å². The summed E-state index contributed by atoms with van der Waals surface area (Å²) in [5.41, 5.74) is 1.54. The molecular formula is C15H22N4O2. The minimum absolute atomic E-state index is 0.172. The molecule has 114 valence electrons. The third-order valence-electron chi connectivity index (χ3n) is 3.37. The Hall–Kier alpha value is -1.95. The molecule has 2 rings (SSSR count). The lowest BCUT2D eigenvalue weighted by molar-refractivity contribution is 0.0902. The van der Waals surface area contributed by atoms with Crippen LogP contribution < -0.4 is 5.32 Å². The van der Waals surface area contributed by atoms with Crippen molar-refractivity contribution in [2.45, 2.75) is 40.2 Å². The SMILES string of the molecule is Cc1nn2cccnc2c1C(=O)NCC(C)(C)CC(C)O. The van der Waals surface area contributed by atoms with Crippen molar-refractivity contribution >= 4 is 11.6 Å². The van der Waals surface area contributed by atoms with Crippen LogP contribution in [0.2, 0.25) is 0 Å². The van der Waals surface area contributed by atoms with Gasteiger partial charge in [0, 0.05) is 18.9 Å². The van der Waals surface area contributed by atoms with Gasteiger partial charge in [0.05, 0.1) is 11.8 Å². The zero-order valence-corrected chi connectivity index (χ0v) is 12.9. The maximum absolute atomic E-state index is 12.4. The number of aromatic nitrogens is 3. The highest BCUT2D eigenvalue weighted by atomic mass is 16.3. The molecule has 0 saturated carbocycles. The van der Waals surface area contributed by atoms with Gasteiger partial charge in [-0.05, 0) is 31.7 Å². The van der Waals surface area contributed by atoms with E-state index in [2.05, 4.69) is 15.4 Å². The fourth-order valence-corrected chi connectivity index (χ4v) is 2.54. The molecule has 0 aromatic carbocycles. The first kappa shape index (κ1) is 15.4. The van der Waals surface area contributed by atoms with Crippen molar-refractivity contribution in [3.8, 4) is 0 Å². The summed E-state index contributed by atoms with van der Waals surface area (Å²) < 4.78 is 1.60. The van der Waals surface area contributed by atoms with Gasteiger partial charge >= 0.3 is 0 Å². The molecule has 2 heterocycles. The molecule has 6 heteroatoms. The van der Waals surface area contributed by atoms with Gasteiger partial charge in [0.1, 0.15) is 5.56 Å². The van der Waals surface area contributed by atoms with Crippen molar-refractivity contribution in [2.75, 3.05) is 6.54 Å². The van der Waals surface area contributed by atoms with Crippen molar-refractivity contribution in [1.29, 1.82) is 0 Å². The number of aryl methyl sites for hydroxylation is 1. The fourth-order valence-electron chi connectivity index (χ4n) is 2.54. The first-order valence-corrected chi connectivity index (χ1v) is 7.06. The van der Waals surface area contributed by atoms with Gasteiger partial charge in [-0.25, -0.2) is 9.50 Å². The van der Waals surface area contributed by atoms with Crippen molar-refractivity contribution in [3.05, 3.63) is 29.7 Å². The number of hydrogen-bond donors (Lipinski definition) is 2. The van der Waals surface area contributed by atoms with Gasteiger partial charge in [-0.3, -0.25) is 4.79 Å². The van der Waals surface area contributed by atoms with Crippen LogP contribution in [-0.4, -0.2) is 38.3 Å². The summed E-state index contributed by atoms with van der Waals surface area (Å²) in [6.07, 6.45) is 3.64. The van der Waals surface area contributed by atoms with Crippen molar-refractivity contribution in [2.24, 2.45) is 5.41 Å². The smallest absolute Gasteiger partial charge is 0.257 e. The molecule has 0 radical (unpaired) electrons. The van der Waals surface area contributed by atoms with E-state index in [4.69, 9.17) is 0 Å². The van der Waals surface area contributed by atoms with Gasteiger partial charge in [0.15, 0.2) is 5.65 Å². The van der Waals surface area contributed by atoms with E-state index >= 15 is 0 Å². The fraction of sp³-hybridized carbons (Fsp3) is 0.533. The molecule has 1 atom stereocenters. The molecule has 2 aromatic heterocycles. The molecule has 21 heavy (non-hydrogen) atoms. The van der Waals surface area contributed by atoms with E-state index in [1.165, 1.54) is 0 Å². The minimum atomic E-state index is -0.391. The molecule has 6 nitrogen and oxygen atoms in total. The lowest BCUT2D eigenvalue weighted by Gasteiger charge is -2.26. The van der Waals surface area contributed by atoms with Crippen LogP contribution in [-0.2, 0) is 0 Å². The Morgan fingerprint density at radius 3 is 2.90 bits per heavy atom. The van der Waals surface area contributed by atoms with Crippen LogP contribution in [0.4, 0.5) is 0 Å². The normalized spacial score (nSPS) is 13.4. The third kappa shape index (κ3) is 3.58. The molecule has 0 spiro atoms. The number of nitrogens with zero attached hydrogens (tertiary/aromatic N) is 3. The zero-order chi connectivity index (χ0) is 15.6. The average Bonchev–Trinajstić information content (AvgIpc) is 2.70. The predicted molar refractivity (Wildman–Crippen MR) is 80.1 cm³/mol. The number of aliphatic hydroxyl groups excluding tert-OH is 1. The summed E-state index contributed by atoms with van der Waals surface area (Å²) in [6, 6.07) is 1.77. The predicted octanol–water partition coefficient (Wildman–Crippen LogP) is 1.56. The molecule has 0 aliphatic carbocycles. The molecule has 0 aliphatic heterocycles. The molecule has 0 saturated heterocycles. The van der Waals surface area contributed by atoms with Crippen LogP contribution in [0.25, 0.3) is 5.65 Å². The topological polar surface area (TPSA) is 79.5 Å². The minimum Gasteiger partial charge on any atom is -0.393 e. The van der Waals surface area contributed by atoms with Crippen molar-refractivity contribution < 1.29 is 9.90 Å². The van der Waals surface area contributed by atoms with Gasteiger partial charge in [0.25, 0.3) is 5.91 Å². The number of fused-ring (bicyclic) bond motifs is 1. The number of nitrogens with one attached hydrogen (secondary N) is 1. The van der Waals surface area contributed by atoms with Crippen molar-refractivity contribution in [3.63, 3.8) is 0 Å². The molecule has 2 aromatic rings. The lowest BCUT2D eigenvalue weighted by Crippen LogP contribution is -2.36. The van der Waals surface area contributed by atoms with Crippen molar-refractivity contribution in [1.82, 2.24) is 19.9 Å². The Balaban J connectivity index is 2.14. The number of carbonyl (C=O) groups excluding carboxylic acids is 1. The monoisotopic (exact) mass is 290 g/mol. The van der Waals surface area contributed by atoms with E-state index in [9.17, 15) is 9.90 Å². The van der Waals surface area contributed by atoms with E-state index in [1.807, 2.05) is 13.8 Å². The van der Waals surface area contributed by atoms with E-state index < -0.39 is 6.10 Å². The average molecular weight is 290 g/mol. The number of rotatable bonds is 5. The summed E-state index contributed by atoms with van der Waals surface area (Å²) in [5, 5.41) is 16.7. The highest BCUT2D eigenvalue weighted by Gasteiger charge is 2.23.